The number of aryl methyl sites for hydroxylation is 1. The molecule has 2 nitrogen and oxygen atoms in total. The Bertz CT molecular complexity index is 920. The van der Waals surface area contributed by atoms with Crippen LogP contribution >= 0.6 is 0 Å². The van der Waals surface area contributed by atoms with Gasteiger partial charge in [0.1, 0.15) is 12.4 Å². The van der Waals surface area contributed by atoms with Crippen molar-refractivity contribution in [2.45, 2.75) is 73.5 Å². The third-order valence-electron chi connectivity index (χ3n) is 6.53. The zero-order chi connectivity index (χ0) is 22.2. The van der Waals surface area contributed by atoms with Crippen molar-refractivity contribution in [2.24, 2.45) is 0 Å². The van der Waals surface area contributed by atoms with Crippen LogP contribution in [0.5, 0.6) is 5.75 Å². The quantitative estimate of drug-likeness (QED) is 0.238. The van der Waals surface area contributed by atoms with Crippen LogP contribution in [0.2, 0.25) is 0 Å². The molecule has 0 heterocycles. The summed E-state index contributed by atoms with van der Waals surface area (Å²) >= 11 is 0. The van der Waals surface area contributed by atoms with E-state index in [1.54, 1.807) is 5.56 Å². The molecule has 3 aromatic rings. The molecule has 3 rings (SSSR count). The Morgan fingerprint density at radius 2 is 1.35 bits per heavy atom. The summed E-state index contributed by atoms with van der Waals surface area (Å²) in [6.07, 6.45) is 4.76. The first-order valence-electron chi connectivity index (χ1n) is 11.5. The lowest BCUT2D eigenvalue weighted by Gasteiger charge is -2.13. The van der Waals surface area contributed by atoms with E-state index in [0.29, 0.717) is 13.2 Å². The Kier molecular flexibility index (Phi) is 8.43. The van der Waals surface area contributed by atoms with Crippen LogP contribution in [0.4, 0.5) is 0 Å². The lowest BCUT2D eigenvalue weighted by atomic mass is 10.0. The van der Waals surface area contributed by atoms with Gasteiger partial charge in [-0.2, -0.15) is 27.8 Å². The Balaban J connectivity index is 1.30. The number of unbranched alkanes of at least 4 members (excludes halogenated alkanes) is 2. The molecule has 0 aliphatic rings. The first-order chi connectivity index (χ1) is 15.0. The summed E-state index contributed by atoms with van der Waals surface area (Å²) in [6, 6.07) is 16.7. The molecule has 0 aliphatic carbocycles. The molecule has 0 saturated heterocycles. The van der Waals surface area contributed by atoms with Crippen LogP contribution in [-0.2, 0) is 24.4 Å². The number of hydrogen-bond acceptors (Lipinski definition) is 2. The SMILES string of the molecule is Cc1ccc(COc2ccc(COCCCCCc3c(C)c(C)[c-](C)c3C)cc2)cc1. The molecule has 31 heavy (non-hydrogen) atoms. The van der Waals surface area contributed by atoms with Gasteiger partial charge in [0.15, 0.2) is 0 Å². The van der Waals surface area contributed by atoms with E-state index in [1.165, 1.54) is 58.2 Å². The fourth-order valence-corrected chi connectivity index (χ4v) is 4.08. The van der Waals surface area contributed by atoms with E-state index in [2.05, 4.69) is 71.0 Å². The Morgan fingerprint density at radius 1 is 0.710 bits per heavy atom. The first kappa shape index (κ1) is 23.2. The largest absolute Gasteiger partial charge is 0.489 e. The van der Waals surface area contributed by atoms with E-state index in [-0.39, 0.29) is 0 Å². The van der Waals surface area contributed by atoms with Gasteiger partial charge in [-0.15, -0.1) is 0 Å². The van der Waals surface area contributed by atoms with Crippen molar-refractivity contribution in [3.8, 4) is 5.75 Å². The predicted molar refractivity (Wildman–Crippen MR) is 130 cm³/mol. The maximum Gasteiger partial charge on any atom is 0.119 e. The van der Waals surface area contributed by atoms with Gasteiger partial charge in [-0.25, -0.2) is 0 Å². The van der Waals surface area contributed by atoms with Gasteiger partial charge >= 0.3 is 0 Å². The van der Waals surface area contributed by atoms with Crippen LogP contribution in [0.25, 0.3) is 0 Å². The van der Waals surface area contributed by atoms with Crippen molar-refractivity contribution in [3.63, 3.8) is 0 Å². The molecule has 0 aliphatic heterocycles. The van der Waals surface area contributed by atoms with Gasteiger partial charge in [0.25, 0.3) is 0 Å². The molecule has 0 fully saturated rings. The maximum atomic E-state index is 5.88. The van der Waals surface area contributed by atoms with Gasteiger partial charge < -0.3 is 9.47 Å². The summed E-state index contributed by atoms with van der Waals surface area (Å²) in [7, 11) is 0. The van der Waals surface area contributed by atoms with Gasteiger partial charge in [0.05, 0.1) is 6.61 Å². The summed E-state index contributed by atoms with van der Waals surface area (Å²) in [5, 5.41) is 0. The summed E-state index contributed by atoms with van der Waals surface area (Å²) in [5.74, 6) is 0.896. The van der Waals surface area contributed by atoms with Crippen LogP contribution < -0.4 is 4.74 Å². The fraction of sp³-hybridized carbons (Fsp3) is 0.414. The van der Waals surface area contributed by atoms with E-state index in [1.807, 2.05) is 12.1 Å². The van der Waals surface area contributed by atoms with Gasteiger partial charge in [-0.05, 0) is 36.6 Å². The standard InChI is InChI=1S/C29H37O2/c1-21-10-12-27(13-11-21)20-31-28-16-14-26(15-17-28)19-30-18-8-6-7-9-29-24(4)22(2)23(3)25(29)5/h10-17H,6-9,18-20H2,1-5H3/q-1. The van der Waals surface area contributed by atoms with Gasteiger partial charge in [-0.1, -0.05) is 88.9 Å². The molecule has 0 atom stereocenters. The smallest absolute Gasteiger partial charge is 0.119 e. The van der Waals surface area contributed by atoms with Crippen molar-refractivity contribution < 1.29 is 9.47 Å². The van der Waals surface area contributed by atoms with Crippen LogP contribution in [0.15, 0.2) is 48.5 Å². The van der Waals surface area contributed by atoms with E-state index in [0.717, 1.165) is 18.8 Å². The maximum absolute atomic E-state index is 5.88. The topological polar surface area (TPSA) is 18.5 Å². The second-order valence-corrected chi connectivity index (χ2v) is 8.76. The third kappa shape index (κ3) is 6.51. The van der Waals surface area contributed by atoms with Gasteiger partial charge in [0, 0.05) is 6.61 Å². The Morgan fingerprint density at radius 3 is 2.00 bits per heavy atom. The molecule has 0 saturated carbocycles. The van der Waals surface area contributed by atoms with Crippen molar-refractivity contribution >= 4 is 0 Å². The monoisotopic (exact) mass is 417 g/mol. The highest BCUT2D eigenvalue weighted by Crippen LogP contribution is 2.27. The second kappa shape index (κ2) is 11.2. The highest BCUT2D eigenvalue weighted by molar-refractivity contribution is 5.49. The zero-order valence-corrected chi connectivity index (χ0v) is 19.9. The molecule has 0 aromatic heterocycles. The molecule has 0 bridgehead atoms. The van der Waals surface area contributed by atoms with Crippen LogP contribution in [0.1, 0.15) is 63.8 Å². The molecule has 0 N–H and O–H groups in total. The molecule has 3 aromatic carbocycles. The van der Waals surface area contributed by atoms with Gasteiger partial charge in [0.2, 0.25) is 0 Å². The van der Waals surface area contributed by atoms with Crippen molar-refractivity contribution in [1.29, 1.82) is 0 Å². The molecule has 0 amide bonds. The minimum Gasteiger partial charge on any atom is -0.489 e. The summed E-state index contributed by atoms with van der Waals surface area (Å²) < 4.78 is 11.8. The molecule has 166 valence electrons. The number of rotatable bonds is 11. The summed E-state index contributed by atoms with van der Waals surface area (Å²) in [4.78, 5) is 0. The predicted octanol–water partition coefficient (Wildman–Crippen LogP) is 7.46. The Labute approximate surface area is 188 Å². The normalized spacial score (nSPS) is 11.1. The van der Waals surface area contributed by atoms with Gasteiger partial charge in [-0.3, -0.25) is 0 Å². The van der Waals surface area contributed by atoms with E-state index in [4.69, 9.17) is 9.47 Å². The van der Waals surface area contributed by atoms with Crippen molar-refractivity contribution in [1.82, 2.24) is 0 Å². The second-order valence-electron chi connectivity index (χ2n) is 8.76. The average molecular weight is 418 g/mol. The Hall–Kier alpha value is -2.45. The average Bonchev–Trinajstić information content (AvgIpc) is 2.96. The van der Waals surface area contributed by atoms with Crippen molar-refractivity contribution in [3.05, 3.63) is 93.0 Å². The van der Waals surface area contributed by atoms with Crippen molar-refractivity contribution in [2.75, 3.05) is 6.61 Å². The van der Waals surface area contributed by atoms with E-state index in [9.17, 15) is 0 Å². The van der Waals surface area contributed by atoms with Crippen LogP contribution in [0.3, 0.4) is 0 Å². The third-order valence-corrected chi connectivity index (χ3v) is 6.53. The molecule has 0 radical (unpaired) electrons. The molecule has 0 spiro atoms. The van der Waals surface area contributed by atoms with E-state index < -0.39 is 0 Å². The lowest BCUT2D eigenvalue weighted by molar-refractivity contribution is 0.117. The molecular weight excluding hydrogens is 380 g/mol. The zero-order valence-electron chi connectivity index (χ0n) is 19.9. The minimum absolute atomic E-state index is 0.596. The number of hydrogen-bond donors (Lipinski definition) is 0. The van der Waals surface area contributed by atoms with Crippen LogP contribution in [-0.4, -0.2) is 6.61 Å². The highest BCUT2D eigenvalue weighted by Gasteiger charge is 2.02. The first-order valence-corrected chi connectivity index (χ1v) is 11.5. The lowest BCUT2D eigenvalue weighted by Crippen LogP contribution is -1.98. The summed E-state index contributed by atoms with van der Waals surface area (Å²) in [6.45, 7) is 13.2. The molecule has 2 heteroatoms. The molecule has 0 unspecified atom stereocenters. The number of benzene rings is 2. The fourth-order valence-electron chi connectivity index (χ4n) is 4.08. The van der Waals surface area contributed by atoms with E-state index >= 15 is 0 Å². The van der Waals surface area contributed by atoms with Crippen LogP contribution in [0, 0.1) is 34.6 Å². The highest BCUT2D eigenvalue weighted by atomic mass is 16.5. The molecular formula is C29H37O2-. The number of ether oxygens (including phenoxy) is 2. The minimum atomic E-state index is 0.596. The summed E-state index contributed by atoms with van der Waals surface area (Å²) in [5.41, 5.74) is 11.2.